The maximum atomic E-state index is 6.55. The Morgan fingerprint density at radius 2 is 2.28 bits per heavy atom. The molecule has 2 aromatic rings. The predicted molar refractivity (Wildman–Crippen MR) is 68.8 cm³/mol. The first kappa shape index (κ1) is 12.6. The molecule has 0 aliphatic carbocycles. The summed E-state index contributed by atoms with van der Waals surface area (Å²) in [5.41, 5.74) is 13.6. The summed E-state index contributed by atoms with van der Waals surface area (Å²) in [6, 6.07) is 0. The van der Waals surface area contributed by atoms with Gasteiger partial charge in [-0.2, -0.15) is 0 Å². The largest absolute Gasteiger partial charge is 0.382 e. The molecule has 0 spiro atoms. The van der Waals surface area contributed by atoms with Crippen LogP contribution in [0.5, 0.6) is 0 Å². The summed E-state index contributed by atoms with van der Waals surface area (Å²) in [6.45, 7) is 1.31. The number of imidazole rings is 1. The van der Waals surface area contributed by atoms with Crippen molar-refractivity contribution >= 4 is 32.9 Å². The molecule has 2 aromatic heterocycles. The average Bonchev–Trinajstić information content (AvgIpc) is 2.68. The smallest absolute Gasteiger partial charge is 0.214 e. The summed E-state index contributed by atoms with van der Waals surface area (Å²) >= 11 is 3.38. The van der Waals surface area contributed by atoms with Crippen molar-refractivity contribution in [3.05, 3.63) is 11.1 Å². The molecule has 2 rings (SSSR count). The van der Waals surface area contributed by atoms with Gasteiger partial charge in [-0.05, 0) is 28.8 Å². The molecule has 0 aromatic carbocycles. The first-order valence-corrected chi connectivity index (χ1v) is 6.18. The molecule has 0 radical (unpaired) electrons. The van der Waals surface area contributed by atoms with Crippen molar-refractivity contribution in [1.82, 2.24) is 24.4 Å². The predicted octanol–water partition coefficient (Wildman–Crippen LogP) is 1.50. The Morgan fingerprint density at radius 1 is 1.44 bits per heavy atom. The molecule has 8 nitrogen and oxygen atoms in total. The number of halogens is 1. The third-order valence-corrected chi connectivity index (χ3v) is 3.08. The van der Waals surface area contributed by atoms with Crippen molar-refractivity contribution in [2.45, 2.75) is 19.4 Å². The molecule has 0 saturated carbocycles. The van der Waals surface area contributed by atoms with Crippen LogP contribution in [0, 0.1) is 5.53 Å². The van der Waals surface area contributed by atoms with Gasteiger partial charge in [-0.25, -0.2) is 15.0 Å². The summed E-state index contributed by atoms with van der Waals surface area (Å²) in [6.07, 6.45) is 3.18. The van der Waals surface area contributed by atoms with Crippen LogP contribution in [0.4, 0.5) is 5.82 Å². The number of nitrogen functional groups attached to an aromatic ring is 1. The van der Waals surface area contributed by atoms with E-state index in [0.29, 0.717) is 22.6 Å². The molecule has 0 amide bonds. The van der Waals surface area contributed by atoms with Gasteiger partial charge in [0.25, 0.3) is 0 Å². The molecule has 0 aliphatic rings. The lowest BCUT2D eigenvalue weighted by Crippen LogP contribution is -2.01. The van der Waals surface area contributed by atoms with Gasteiger partial charge in [0.15, 0.2) is 21.7 Å². The fourth-order valence-corrected chi connectivity index (χ4v) is 2.15. The quantitative estimate of drug-likeness (QED) is 0.376. The second-order valence-electron chi connectivity index (χ2n) is 3.64. The summed E-state index contributed by atoms with van der Waals surface area (Å²) < 4.78 is 2.62. The second-order valence-corrected chi connectivity index (χ2v) is 4.35. The van der Waals surface area contributed by atoms with E-state index in [0.717, 1.165) is 25.0 Å². The van der Waals surface area contributed by atoms with Gasteiger partial charge in [-0.1, -0.05) is 0 Å². The first-order valence-electron chi connectivity index (χ1n) is 5.39. The van der Waals surface area contributed by atoms with E-state index < -0.39 is 0 Å². The SMILES string of the molecule is N=[N+]=NCCCCn1c(Br)nc2c(N)ncnc21. The number of nitrogens with one attached hydrogen (secondary N) is 1. The maximum absolute atomic E-state index is 6.55. The van der Waals surface area contributed by atoms with Gasteiger partial charge in [0, 0.05) is 6.54 Å². The van der Waals surface area contributed by atoms with Gasteiger partial charge in [0.1, 0.15) is 23.5 Å². The number of nitrogens with two attached hydrogens (primary N) is 1. The monoisotopic (exact) mass is 311 g/mol. The molecule has 18 heavy (non-hydrogen) atoms. The van der Waals surface area contributed by atoms with Crippen molar-refractivity contribution in [1.29, 1.82) is 5.53 Å². The molecule has 0 bridgehead atoms. The lowest BCUT2D eigenvalue weighted by atomic mass is 10.3. The van der Waals surface area contributed by atoms with Crippen LogP contribution < -0.4 is 10.6 Å². The van der Waals surface area contributed by atoms with Crippen LogP contribution in [0.1, 0.15) is 12.8 Å². The second kappa shape index (κ2) is 5.65. The minimum absolute atomic E-state index is 0.377. The Hall–Kier alpha value is -1.86. The third-order valence-electron chi connectivity index (χ3n) is 2.47. The molecular weight excluding hydrogens is 300 g/mol. The molecule has 0 unspecified atom stereocenters. The van der Waals surface area contributed by atoms with Gasteiger partial charge in [-0.15, -0.1) is 0 Å². The molecular formula is C9H12BrN8+. The van der Waals surface area contributed by atoms with Crippen LogP contribution in [0.25, 0.3) is 11.2 Å². The van der Waals surface area contributed by atoms with Gasteiger partial charge in [0.05, 0.1) is 0 Å². The lowest BCUT2D eigenvalue weighted by Gasteiger charge is -2.03. The Bertz CT molecular complexity index is 600. The Kier molecular flexibility index (Phi) is 3.96. The lowest BCUT2D eigenvalue weighted by molar-refractivity contribution is 0.605. The minimum Gasteiger partial charge on any atom is -0.382 e. The van der Waals surface area contributed by atoms with Crippen molar-refractivity contribution in [3.63, 3.8) is 0 Å². The van der Waals surface area contributed by atoms with Crippen LogP contribution in [0.15, 0.2) is 16.2 Å². The van der Waals surface area contributed by atoms with E-state index in [1.54, 1.807) is 0 Å². The molecule has 0 saturated heterocycles. The molecule has 0 aliphatic heterocycles. The normalized spacial score (nSPS) is 10.5. The van der Waals surface area contributed by atoms with Gasteiger partial charge in [0.2, 0.25) is 4.91 Å². The number of hydrogen-bond acceptors (Lipinski definition) is 6. The van der Waals surface area contributed by atoms with Gasteiger partial charge < -0.3 is 10.3 Å². The van der Waals surface area contributed by atoms with Crippen LogP contribution in [0.2, 0.25) is 0 Å². The number of anilines is 1. The van der Waals surface area contributed by atoms with E-state index in [1.165, 1.54) is 6.33 Å². The maximum Gasteiger partial charge on any atom is 0.214 e. The van der Waals surface area contributed by atoms with E-state index >= 15 is 0 Å². The van der Waals surface area contributed by atoms with Gasteiger partial charge >= 0.3 is 0 Å². The van der Waals surface area contributed by atoms with Gasteiger partial charge in [-0.3, -0.25) is 0 Å². The van der Waals surface area contributed by atoms with E-state index in [9.17, 15) is 0 Å². The fraction of sp³-hybridized carbons (Fsp3) is 0.444. The van der Waals surface area contributed by atoms with Crippen molar-refractivity contribution < 1.29 is 0 Å². The number of nitrogens with zero attached hydrogens (tertiary/aromatic N) is 6. The van der Waals surface area contributed by atoms with E-state index in [4.69, 9.17) is 11.3 Å². The fourth-order valence-electron chi connectivity index (χ4n) is 1.63. The number of rotatable bonds is 5. The summed E-state index contributed by atoms with van der Waals surface area (Å²) in [4.78, 5) is 15.3. The van der Waals surface area contributed by atoms with E-state index in [2.05, 4.69) is 40.9 Å². The van der Waals surface area contributed by atoms with Crippen LogP contribution in [-0.2, 0) is 6.54 Å². The average molecular weight is 312 g/mol. The van der Waals surface area contributed by atoms with Crippen LogP contribution in [-0.4, -0.2) is 26.1 Å². The molecule has 0 atom stereocenters. The highest BCUT2D eigenvalue weighted by Crippen LogP contribution is 2.21. The zero-order chi connectivity index (χ0) is 13.0. The van der Waals surface area contributed by atoms with Crippen molar-refractivity contribution in [2.24, 2.45) is 5.11 Å². The number of hydrogen-bond donors (Lipinski definition) is 2. The molecule has 94 valence electrons. The standard InChI is InChI=1S/C9H12BrN8/c10-9-16-6-7(11)13-5-14-8(6)18(9)4-2-1-3-15-17-12/h5,12H,1-4H2,(H2,11,13,14)/q+1. The molecule has 2 heterocycles. The summed E-state index contributed by atoms with van der Waals surface area (Å²) in [5.74, 6) is 0.377. The number of unbranched alkanes of at least 4 members (excludes halogenated alkanes) is 1. The highest BCUT2D eigenvalue weighted by molar-refractivity contribution is 9.10. The molecule has 0 fully saturated rings. The van der Waals surface area contributed by atoms with E-state index in [-0.39, 0.29) is 0 Å². The Balaban J connectivity index is 2.15. The third kappa shape index (κ3) is 2.52. The Labute approximate surface area is 111 Å². The first-order chi connectivity index (χ1) is 8.74. The summed E-state index contributed by atoms with van der Waals surface area (Å²) in [5, 5.41) is 3.60. The zero-order valence-corrected chi connectivity index (χ0v) is 11.1. The van der Waals surface area contributed by atoms with Crippen molar-refractivity contribution in [3.8, 4) is 0 Å². The van der Waals surface area contributed by atoms with Crippen molar-refractivity contribution in [2.75, 3.05) is 12.3 Å². The molecule has 9 heteroatoms. The minimum atomic E-state index is 0.377. The summed E-state index contributed by atoms with van der Waals surface area (Å²) in [7, 11) is 0. The van der Waals surface area contributed by atoms with Crippen LogP contribution >= 0.6 is 15.9 Å². The highest BCUT2D eigenvalue weighted by atomic mass is 79.9. The molecule has 3 N–H and O–H groups in total. The topological polar surface area (TPSA) is 120 Å². The number of fused-ring (bicyclic) bond motifs is 1. The van der Waals surface area contributed by atoms with E-state index in [1.807, 2.05) is 4.57 Å². The number of aromatic nitrogens is 4. The highest BCUT2D eigenvalue weighted by Gasteiger charge is 2.12. The number of aryl methyl sites for hydroxylation is 1. The van der Waals surface area contributed by atoms with Crippen LogP contribution in [0.3, 0.4) is 0 Å². The zero-order valence-electron chi connectivity index (χ0n) is 9.54. The Morgan fingerprint density at radius 3 is 3.06 bits per heavy atom.